The fraction of sp³-hybridized carbons (Fsp3) is 0.444. The summed E-state index contributed by atoms with van der Waals surface area (Å²) >= 11 is 0. The zero-order chi connectivity index (χ0) is 16.8. The molecule has 1 aliphatic carbocycles. The van der Waals surface area contributed by atoms with Crippen molar-refractivity contribution < 1.29 is 41.2 Å². The number of allylic oxidation sites excluding steroid dienone is 4. The van der Waals surface area contributed by atoms with Crippen molar-refractivity contribution in [3.05, 3.63) is 61.8 Å². The Labute approximate surface area is 155 Å². The number of hydrogen-bond donors (Lipinski definition) is 0. The monoisotopic (exact) mass is 472 g/mol. The summed E-state index contributed by atoms with van der Waals surface area (Å²) in [4.78, 5) is 0. The average molecular weight is 471 g/mol. The molecular formula is C18H28HfO3. The maximum atomic E-state index is 9.46. The van der Waals surface area contributed by atoms with Gasteiger partial charge in [0.1, 0.15) is 0 Å². The molecule has 0 fully saturated rings. The van der Waals surface area contributed by atoms with E-state index in [2.05, 4.69) is 44.9 Å². The average Bonchev–Trinajstić information content (AvgIpc) is 2.95. The fourth-order valence-corrected chi connectivity index (χ4v) is 0.765. The van der Waals surface area contributed by atoms with Crippen LogP contribution in [0.4, 0.5) is 0 Å². The first-order valence-electron chi connectivity index (χ1n) is 6.95. The minimum absolute atomic E-state index is 0. The number of rotatable bonds is 6. The molecule has 0 aromatic carbocycles. The molecule has 0 saturated carbocycles. The zero-order valence-electron chi connectivity index (χ0n) is 13.7. The summed E-state index contributed by atoms with van der Waals surface area (Å²) in [6.07, 6.45) is 15.0. The summed E-state index contributed by atoms with van der Waals surface area (Å²) < 4.78 is 0. The van der Waals surface area contributed by atoms with Gasteiger partial charge < -0.3 is 15.3 Å². The summed E-state index contributed by atoms with van der Waals surface area (Å²) in [7, 11) is 0. The summed E-state index contributed by atoms with van der Waals surface area (Å²) in [5, 5.41) is 28.4. The van der Waals surface area contributed by atoms with Crippen molar-refractivity contribution in [2.45, 2.75) is 32.6 Å². The predicted octanol–water partition coefficient (Wildman–Crippen LogP) is 1.46. The van der Waals surface area contributed by atoms with Crippen molar-refractivity contribution in [3.63, 3.8) is 0 Å². The Hall–Kier alpha value is -0.550. The van der Waals surface area contributed by atoms with Crippen molar-refractivity contribution in [2.75, 3.05) is 19.8 Å². The molecule has 0 N–H and O–H groups in total. The summed E-state index contributed by atoms with van der Waals surface area (Å²) in [6, 6.07) is 0. The van der Waals surface area contributed by atoms with Crippen LogP contribution in [0.15, 0.2) is 55.7 Å². The van der Waals surface area contributed by atoms with Crippen molar-refractivity contribution in [1.82, 2.24) is 0 Å². The molecule has 1 rings (SSSR count). The summed E-state index contributed by atoms with van der Waals surface area (Å²) in [6.45, 7) is 12.0. The van der Waals surface area contributed by atoms with Crippen molar-refractivity contribution in [2.24, 2.45) is 0 Å². The normalized spacial score (nSPS) is 10.1. The first kappa shape index (κ1) is 29.5. The second kappa shape index (κ2) is 32.4. The van der Waals surface area contributed by atoms with Gasteiger partial charge in [-0.2, -0.15) is 6.08 Å². The van der Waals surface area contributed by atoms with E-state index < -0.39 is 0 Å². The molecule has 122 valence electrons. The van der Waals surface area contributed by atoms with Crippen LogP contribution >= 0.6 is 0 Å². The molecule has 22 heavy (non-hydrogen) atoms. The third-order valence-electron chi connectivity index (χ3n) is 1.83. The quantitative estimate of drug-likeness (QED) is 0.335. The van der Waals surface area contributed by atoms with Gasteiger partial charge in [0.15, 0.2) is 0 Å². The van der Waals surface area contributed by atoms with Crippen LogP contribution in [0.2, 0.25) is 0 Å². The second-order valence-corrected chi connectivity index (χ2v) is 3.81. The first-order chi connectivity index (χ1) is 10.1. The fourth-order valence-electron chi connectivity index (χ4n) is 0.765. The third-order valence-corrected chi connectivity index (χ3v) is 1.83. The zero-order valence-corrected chi connectivity index (χ0v) is 17.3. The van der Waals surface area contributed by atoms with E-state index in [0.29, 0.717) is 19.3 Å². The standard InChI is InChI=1S/C6H7.3C4H7O.Hf/c1-6-4-2-3-5-6;3*1-2-3-4-5;/h2,4H,3H2,1H3;3*2H,1,3-4H2;/q4*-1;+4. The molecule has 0 aromatic heterocycles. The van der Waals surface area contributed by atoms with E-state index in [9.17, 15) is 15.3 Å². The molecule has 1 aliphatic rings. The Morgan fingerprint density at radius 1 is 0.955 bits per heavy atom. The minimum Gasteiger partial charge on any atom is -0.854 e. The molecule has 0 radical (unpaired) electrons. The van der Waals surface area contributed by atoms with E-state index in [1.54, 1.807) is 18.2 Å². The van der Waals surface area contributed by atoms with Crippen LogP contribution < -0.4 is 15.3 Å². The Balaban J connectivity index is -0.0000000973. The molecule has 3 nitrogen and oxygen atoms in total. The van der Waals surface area contributed by atoms with Crippen LogP contribution in [0.25, 0.3) is 0 Å². The maximum absolute atomic E-state index is 9.46. The van der Waals surface area contributed by atoms with Gasteiger partial charge in [0, 0.05) is 0 Å². The van der Waals surface area contributed by atoms with E-state index in [0.717, 1.165) is 6.42 Å². The van der Waals surface area contributed by atoms with Gasteiger partial charge in [-0.3, -0.25) is 6.08 Å². The van der Waals surface area contributed by atoms with E-state index in [4.69, 9.17) is 0 Å². The Morgan fingerprint density at radius 3 is 1.36 bits per heavy atom. The molecule has 4 heteroatoms. The van der Waals surface area contributed by atoms with Crippen LogP contribution in [0.1, 0.15) is 32.6 Å². The second-order valence-electron chi connectivity index (χ2n) is 3.81. The Bertz CT molecular complexity index is 258. The Morgan fingerprint density at radius 2 is 1.32 bits per heavy atom. The van der Waals surface area contributed by atoms with Crippen molar-refractivity contribution >= 4 is 0 Å². The van der Waals surface area contributed by atoms with Crippen LogP contribution in [0, 0.1) is 6.08 Å². The topological polar surface area (TPSA) is 69.2 Å². The molecule has 0 amide bonds. The minimum atomic E-state index is -0.0243. The molecule has 0 unspecified atom stereocenters. The molecule has 0 heterocycles. The van der Waals surface area contributed by atoms with Crippen LogP contribution in [0.5, 0.6) is 0 Å². The van der Waals surface area contributed by atoms with Gasteiger partial charge in [0.05, 0.1) is 0 Å². The molecular weight excluding hydrogens is 443 g/mol. The van der Waals surface area contributed by atoms with Crippen molar-refractivity contribution in [3.8, 4) is 0 Å². The third kappa shape index (κ3) is 42.7. The number of hydrogen-bond acceptors (Lipinski definition) is 3. The van der Waals surface area contributed by atoms with E-state index in [-0.39, 0.29) is 45.7 Å². The molecule has 0 atom stereocenters. The van der Waals surface area contributed by atoms with Crippen molar-refractivity contribution in [1.29, 1.82) is 0 Å². The van der Waals surface area contributed by atoms with Gasteiger partial charge in [-0.15, -0.1) is 46.0 Å². The predicted molar refractivity (Wildman–Crippen MR) is 85.2 cm³/mol. The van der Waals surface area contributed by atoms with Gasteiger partial charge >= 0.3 is 25.8 Å². The molecule has 0 aromatic rings. The van der Waals surface area contributed by atoms with E-state index in [1.165, 1.54) is 5.57 Å². The maximum Gasteiger partial charge on any atom is 4.00 e. The smallest absolute Gasteiger partial charge is 0.854 e. The van der Waals surface area contributed by atoms with Gasteiger partial charge in [-0.25, -0.2) is 11.6 Å². The van der Waals surface area contributed by atoms with Gasteiger partial charge in [-0.1, -0.05) is 44.4 Å². The van der Waals surface area contributed by atoms with Gasteiger partial charge in [-0.05, 0) is 0 Å². The van der Waals surface area contributed by atoms with Gasteiger partial charge in [0.25, 0.3) is 0 Å². The molecule has 0 bridgehead atoms. The first-order valence-corrected chi connectivity index (χ1v) is 6.95. The van der Waals surface area contributed by atoms with Crippen LogP contribution in [0.3, 0.4) is 0 Å². The molecule has 0 saturated heterocycles. The van der Waals surface area contributed by atoms with E-state index >= 15 is 0 Å². The molecule has 0 aliphatic heterocycles. The molecule has 0 spiro atoms. The largest absolute Gasteiger partial charge is 4.00 e. The van der Waals surface area contributed by atoms with Crippen LogP contribution in [-0.4, -0.2) is 19.8 Å². The summed E-state index contributed by atoms with van der Waals surface area (Å²) in [5.74, 6) is 0. The van der Waals surface area contributed by atoms with Crippen LogP contribution in [-0.2, 0) is 25.8 Å². The van der Waals surface area contributed by atoms with Gasteiger partial charge in [0.2, 0.25) is 0 Å². The Kier molecular flexibility index (Phi) is 43.4. The SMILES string of the molecule is C=CCC[O-].C=CCC[O-].C=CCC[O-].CC1=[C-]CC=C1.[Hf+4]. The summed E-state index contributed by atoms with van der Waals surface area (Å²) in [5.41, 5.74) is 1.27. The van der Waals surface area contributed by atoms with E-state index in [1.807, 2.05) is 0 Å².